The normalized spacial score (nSPS) is 13.6. The van der Waals surface area contributed by atoms with Gasteiger partial charge in [-0.25, -0.2) is 9.07 Å². The molecule has 4 nitrogen and oxygen atoms in total. The summed E-state index contributed by atoms with van der Waals surface area (Å²) in [4.78, 5) is 12.6. The zero-order valence-corrected chi connectivity index (χ0v) is 14.8. The van der Waals surface area contributed by atoms with Crippen molar-refractivity contribution in [1.82, 2.24) is 9.78 Å². The van der Waals surface area contributed by atoms with Gasteiger partial charge in [0.2, 0.25) is 0 Å². The number of Topliss-reactive ketones (excluding diaryl/α,β-unsaturated/α-hetero) is 1. The summed E-state index contributed by atoms with van der Waals surface area (Å²) in [6, 6.07) is 12.3. The molecule has 0 atom stereocenters. The topological polar surface area (TPSA) is 46.9 Å². The Hall–Kier alpha value is -2.95. The lowest BCUT2D eigenvalue weighted by Gasteiger charge is -2.14. The van der Waals surface area contributed by atoms with E-state index in [1.807, 2.05) is 26.0 Å². The highest BCUT2D eigenvalue weighted by Crippen LogP contribution is 2.32. The average Bonchev–Trinajstić information content (AvgIpc) is 2.98. The first-order chi connectivity index (χ1) is 12.5. The van der Waals surface area contributed by atoms with Crippen molar-refractivity contribution in [2.75, 3.05) is 5.32 Å². The van der Waals surface area contributed by atoms with Crippen LogP contribution in [0.4, 0.5) is 15.9 Å². The molecule has 1 aromatic heterocycles. The van der Waals surface area contributed by atoms with Crippen molar-refractivity contribution in [3.05, 3.63) is 70.7 Å². The Balaban J connectivity index is 1.82. The van der Waals surface area contributed by atoms with Gasteiger partial charge in [0.05, 0.1) is 16.9 Å². The molecule has 0 fully saturated rings. The van der Waals surface area contributed by atoms with Crippen LogP contribution in [0.3, 0.4) is 0 Å². The standard InChI is InChI=1S/C21H20FN3O/c1-13-6-11-17(14(2)12-13)23-21-20-18(4-3-5-19(20)26)25(24-21)16-9-7-15(22)8-10-16/h6-12H,3-5H2,1-2H3,(H,23,24). The number of nitrogens with one attached hydrogen (secondary N) is 1. The van der Waals surface area contributed by atoms with Crippen LogP contribution in [0, 0.1) is 19.7 Å². The van der Waals surface area contributed by atoms with E-state index in [0.717, 1.165) is 35.5 Å². The van der Waals surface area contributed by atoms with Crippen LogP contribution in [0.1, 0.15) is 40.0 Å². The number of ketones is 1. The molecule has 0 saturated heterocycles. The molecule has 2 aromatic carbocycles. The first-order valence-electron chi connectivity index (χ1n) is 8.78. The van der Waals surface area contributed by atoms with Gasteiger partial charge in [0, 0.05) is 12.1 Å². The number of anilines is 2. The second-order valence-corrected chi connectivity index (χ2v) is 6.78. The molecule has 3 aromatic rings. The summed E-state index contributed by atoms with van der Waals surface area (Å²) in [5.41, 5.74) is 5.51. The third kappa shape index (κ3) is 2.90. The molecule has 132 valence electrons. The van der Waals surface area contributed by atoms with Crippen LogP contribution >= 0.6 is 0 Å². The van der Waals surface area contributed by atoms with Crippen molar-refractivity contribution in [3.8, 4) is 5.69 Å². The van der Waals surface area contributed by atoms with Crippen LogP contribution < -0.4 is 5.32 Å². The Bertz CT molecular complexity index is 989. The van der Waals surface area contributed by atoms with Crippen LogP contribution in [0.5, 0.6) is 0 Å². The highest BCUT2D eigenvalue weighted by molar-refractivity contribution is 6.03. The van der Waals surface area contributed by atoms with Gasteiger partial charge in [-0.2, -0.15) is 0 Å². The van der Waals surface area contributed by atoms with Gasteiger partial charge in [0.1, 0.15) is 5.82 Å². The van der Waals surface area contributed by atoms with Gasteiger partial charge in [0.15, 0.2) is 11.6 Å². The highest BCUT2D eigenvalue weighted by Gasteiger charge is 2.28. The number of carbonyl (C=O) groups is 1. The fourth-order valence-corrected chi connectivity index (χ4v) is 3.48. The van der Waals surface area contributed by atoms with E-state index in [2.05, 4.69) is 16.5 Å². The predicted molar refractivity (Wildman–Crippen MR) is 100.0 cm³/mol. The average molecular weight is 349 g/mol. The van der Waals surface area contributed by atoms with Crippen LogP contribution in [-0.4, -0.2) is 15.6 Å². The molecule has 0 amide bonds. The van der Waals surface area contributed by atoms with E-state index in [9.17, 15) is 9.18 Å². The highest BCUT2D eigenvalue weighted by atomic mass is 19.1. The molecule has 0 saturated carbocycles. The molecule has 1 aliphatic carbocycles. The summed E-state index contributed by atoms with van der Waals surface area (Å²) in [5, 5.41) is 8.00. The maximum Gasteiger partial charge on any atom is 0.168 e. The number of fused-ring (bicyclic) bond motifs is 1. The summed E-state index contributed by atoms with van der Waals surface area (Å²) in [5.74, 6) is 0.382. The maximum atomic E-state index is 13.3. The van der Waals surface area contributed by atoms with Crippen LogP contribution in [-0.2, 0) is 6.42 Å². The first kappa shape index (κ1) is 16.5. The second-order valence-electron chi connectivity index (χ2n) is 6.78. The third-order valence-corrected chi connectivity index (χ3v) is 4.78. The molecule has 0 spiro atoms. The van der Waals surface area contributed by atoms with E-state index in [-0.39, 0.29) is 11.6 Å². The lowest BCUT2D eigenvalue weighted by atomic mass is 9.95. The van der Waals surface area contributed by atoms with Gasteiger partial charge in [-0.05, 0) is 62.6 Å². The number of rotatable bonds is 3. The summed E-state index contributed by atoms with van der Waals surface area (Å²) >= 11 is 0. The minimum atomic E-state index is -0.292. The van der Waals surface area contributed by atoms with Crippen molar-refractivity contribution in [3.63, 3.8) is 0 Å². The molecule has 4 rings (SSSR count). The Morgan fingerprint density at radius 2 is 1.85 bits per heavy atom. The van der Waals surface area contributed by atoms with E-state index in [4.69, 9.17) is 0 Å². The number of halogens is 1. The summed E-state index contributed by atoms with van der Waals surface area (Å²) in [7, 11) is 0. The van der Waals surface area contributed by atoms with Gasteiger partial charge in [-0.1, -0.05) is 17.7 Å². The summed E-state index contributed by atoms with van der Waals surface area (Å²) < 4.78 is 15.0. The quantitative estimate of drug-likeness (QED) is 0.732. The Morgan fingerprint density at radius 3 is 2.58 bits per heavy atom. The minimum absolute atomic E-state index is 0.104. The van der Waals surface area contributed by atoms with E-state index < -0.39 is 0 Å². The van der Waals surface area contributed by atoms with Crippen molar-refractivity contribution in [2.45, 2.75) is 33.1 Å². The predicted octanol–water partition coefficient (Wildman–Crippen LogP) is 4.89. The van der Waals surface area contributed by atoms with Crippen LogP contribution in [0.2, 0.25) is 0 Å². The van der Waals surface area contributed by atoms with Crippen molar-refractivity contribution < 1.29 is 9.18 Å². The monoisotopic (exact) mass is 349 g/mol. The van der Waals surface area contributed by atoms with Crippen molar-refractivity contribution in [1.29, 1.82) is 0 Å². The first-order valence-corrected chi connectivity index (χ1v) is 8.78. The van der Waals surface area contributed by atoms with E-state index in [0.29, 0.717) is 17.8 Å². The number of benzene rings is 2. The molecule has 1 heterocycles. The van der Waals surface area contributed by atoms with E-state index >= 15 is 0 Å². The van der Waals surface area contributed by atoms with Crippen LogP contribution in [0.25, 0.3) is 5.69 Å². The molecule has 26 heavy (non-hydrogen) atoms. The zero-order valence-electron chi connectivity index (χ0n) is 14.8. The summed E-state index contributed by atoms with van der Waals surface area (Å²) in [6.07, 6.45) is 2.12. The molecule has 5 heteroatoms. The number of hydrogen-bond donors (Lipinski definition) is 1. The SMILES string of the molecule is Cc1ccc(Nc2nn(-c3ccc(F)cc3)c3c2C(=O)CCC3)c(C)c1. The lowest BCUT2D eigenvalue weighted by Crippen LogP contribution is -2.13. The Morgan fingerprint density at radius 1 is 1.08 bits per heavy atom. The van der Waals surface area contributed by atoms with Gasteiger partial charge in [0.25, 0.3) is 0 Å². The lowest BCUT2D eigenvalue weighted by molar-refractivity contribution is 0.0973. The molecular weight excluding hydrogens is 329 g/mol. The molecule has 0 aliphatic heterocycles. The van der Waals surface area contributed by atoms with Gasteiger partial charge in [-0.3, -0.25) is 4.79 Å². The van der Waals surface area contributed by atoms with Gasteiger partial charge < -0.3 is 5.32 Å². The molecule has 0 bridgehead atoms. The smallest absolute Gasteiger partial charge is 0.168 e. The number of aryl methyl sites for hydroxylation is 2. The number of carbonyl (C=O) groups excluding carboxylic acids is 1. The second kappa shape index (κ2) is 6.41. The number of aromatic nitrogens is 2. The fourth-order valence-electron chi connectivity index (χ4n) is 3.48. The number of hydrogen-bond acceptors (Lipinski definition) is 3. The Kier molecular flexibility index (Phi) is 4.07. The zero-order chi connectivity index (χ0) is 18.3. The Labute approximate surface area is 151 Å². The minimum Gasteiger partial charge on any atom is -0.338 e. The molecule has 1 N–H and O–H groups in total. The molecular formula is C21H20FN3O. The molecule has 0 radical (unpaired) electrons. The number of nitrogens with zero attached hydrogens (tertiary/aromatic N) is 2. The van der Waals surface area contributed by atoms with E-state index in [1.165, 1.54) is 17.7 Å². The fraction of sp³-hybridized carbons (Fsp3) is 0.238. The van der Waals surface area contributed by atoms with Crippen molar-refractivity contribution in [2.24, 2.45) is 0 Å². The van der Waals surface area contributed by atoms with Crippen LogP contribution in [0.15, 0.2) is 42.5 Å². The van der Waals surface area contributed by atoms with Gasteiger partial charge >= 0.3 is 0 Å². The van der Waals surface area contributed by atoms with E-state index in [1.54, 1.807) is 16.8 Å². The summed E-state index contributed by atoms with van der Waals surface area (Å²) in [6.45, 7) is 4.08. The molecule has 0 unspecified atom stereocenters. The third-order valence-electron chi connectivity index (χ3n) is 4.78. The largest absolute Gasteiger partial charge is 0.338 e. The van der Waals surface area contributed by atoms with Crippen molar-refractivity contribution >= 4 is 17.3 Å². The maximum absolute atomic E-state index is 13.3. The van der Waals surface area contributed by atoms with Gasteiger partial charge in [-0.15, -0.1) is 5.10 Å². The molecule has 1 aliphatic rings.